The molecule has 1 saturated heterocycles. The predicted octanol–water partition coefficient (Wildman–Crippen LogP) is 2.75. The van der Waals surface area contributed by atoms with Gasteiger partial charge in [0.2, 0.25) is 5.69 Å². The smallest absolute Gasteiger partial charge is 0.268 e. The zero-order chi connectivity index (χ0) is 11.5. The molecule has 0 spiro atoms. The number of benzene rings is 1. The van der Waals surface area contributed by atoms with Crippen LogP contribution in [0.5, 0.6) is 0 Å². The number of anilines is 1. The second-order valence-corrected chi connectivity index (χ2v) is 3.74. The summed E-state index contributed by atoms with van der Waals surface area (Å²) in [4.78, 5) is 15.7. The van der Waals surface area contributed by atoms with E-state index in [1.54, 1.807) is 0 Å². The lowest BCUT2D eigenvalue weighted by molar-refractivity contribution is -0.384. The zero-order valence-electron chi connectivity index (χ0n) is 8.72. The molecule has 1 aromatic carbocycles. The standard InChI is InChI=1S/C11H11N3O2/c1-12-10-5-4-9(14(15)16)8-11(10)13-6-2-3-7-13/h4-5,8H,2-3,6-7H2. The Bertz CT molecular complexity index is 459. The normalized spacial score (nSPS) is 14.8. The van der Waals surface area contributed by atoms with Crippen LogP contribution in [0, 0.1) is 16.7 Å². The van der Waals surface area contributed by atoms with Crippen molar-refractivity contribution < 1.29 is 4.92 Å². The summed E-state index contributed by atoms with van der Waals surface area (Å²) >= 11 is 0. The Kier molecular flexibility index (Phi) is 2.73. The van der Waals surface area contributed by atoms with Crippen LogP contribution in [0.4, 0.5) is 17.1 Å². The van der Waals surface area contributed by atoms with Crippen LogP contribution in [-0.2, 0) is 0 Å². The summed E-state index contributed by atoms with van der Waals surface area (Å²) in [5.74, 6) is 0. The number of hydrogen-bond acceptors (Lipinski definition) is 3. The average Bonchev–Trinajstić information content (AvgIpc) is 2.81. The van der Waals surface area contributed by atoms with Crippen molar-refractivity contribution in [3.8, 4) is 0 Å². The van der Waals surface area contributed by atoms with Crippen molar-refractivity contribution in [1.82, 2.24) is 0 Å². The molecule has 1 aromatic rings. The molecule has 5 heteroatoms. The highest BCUT2D eigenvalue weighted by molar-refractivity contribution is 5.74. The van der Waals surface area contributed by atoms with Gasteiger partial charge in [0.05, 0.1) is 11.5 Å². The summed E-state index contributed by atoms with van der Waals surface area (Å²) in [6.45, 7) is 8.81. The fraction of sp³-hybridized carbons (Fsp3) is 0.364. The minimum absolute atomic E-state index is 0.0503. The quantitative estimate of drug-likeness (QED) is 0.434. The highest BCUT2D eigenvalue weighted by Gasteiger charge is 2.18. The molecular formula is C11H11N3O2. The van der Waals surface area contributed by atoms with Crippen LogP contribution in [0.1, 0.15) is 12.8 Å². The van der Waals surface area contributed by atoms with Gasteiger partial charge in [-0.05, 0) is 18.9 Å². The topological polar surface area (TPSA) is 50.7 Å². The van der Waals surface area contributed by atoms with E-state index in [2.05, 4.69) is 4.85 Å². The highest BCUT2D eigenvalue weighted by atomic mass is 16.6. The fourth-order valence-corrected chi connectivity index (χ4v) is 1.93. The number of nitro groups is 1. The van der Waals surface area contributed by atoms with Gasteiger partial charge in [0.1, 0.15) is 0 Å². The molecule has 1 heterocycles. The number of non-ortho nitro benzene ring substituents is 1. The number of rotatable bonds is 2. The predicted molar refractivity (Wildman–Crippen MR) is 60.8 cm³/mol. The fourth-order valence-electron chi connectivity index (χ4n) is 1.93. The molecule has 0 aromatic heterocycles. The Morgan fingerprint density at radius 1 is 1.38 bits per heavy atom. The lowest BCUT2D eigenvalue weighted by Crippen LogP contribution is -2.17. The lowest BCUT2D eigenvalue weighted by atomic mass is 10.2. The molecule has 1 fully saturated rings. The maximum atomic E-state index is 10.7. The first kappa shape index (κ1) is 10.4. The molecule has 1 aliphatic heterocycles. The first-order chi connectivity index (χ1) is 7.72. The second-order valence-electron chi connectivity index (χ2n) is 3.74. The van der Waals surface area contributed by atoms with Gasteiger partial charge in [0.15, 0.2) is 0 Å². The third-order valence-corrected chi connectivity index (χ3v) is 2.74. The number of hydrogen-bond donors (Lipinski definition) is 0. The molecule has 82 valence electrons. The Balaban J connectivity index is 2.43. The van der Waals surface area contributed by atoms with Gasteiger partial charge < -0.3 is 4.90 Å². The van der Waals surface area contributed by atoms with Gasteiger partial charge in [0, 0.05) is 30.9 Å². The van der Waals surface area contributed by atoms with Gasteiger partial charge in [-0.25, -0.2) is 4.85 Å². The largest absolute Gasteiger partial charge is 0.380 e. The van der Waals surface area contributed by atoms with Crippen molar-refractivity contribution in [3.05, 3.63) is 39.7 Å². The van der Waals surface area contributed by atoms with E-state index >= 15 is 0 Å². The lowest BCUT2D eigenvalue weighted by Gasteiger charge is -2.18. The van der Waals surface area contributed by atoms with Crippen LogP contribution >= 0.6 is 0 Å². The number of nitrogens with zero attached hydrogens (tertiary/aromatic N) is 3. The summed E-state index contributed by atoms with van der Waals surface area (Å²) in [5, 5.41) is 10.7. The molecule has 0 saturated carbocycles. The Morgan fingerprint density at radius 3 is 2.62 bits per heavy atom. The van der Waals surface area contributed by atoms with Gasteiger partial charge in [-0.3, -0.25) is 10.1 Å². The van der Waals surface area contributed by atoms with Crippen molar-refractivity contribution in [2.24, 2.45) is 0 Å². The molecule has 0 aliphatic carbocycles. The minimum atomic E-state index is -0.423. The van der Waals surface area contributed by atoms with E-state index in [0.29, 0.717) is 11.4 Å². The molecule has 0 radical (unpaired) electrons. The van der Waals surface area contributed by atoms with Crippen molar-refractivity contribution in [2.75, 3.05) is 18.0 Å². The third-order valence-electron chi connectivity index (χ3n) is 2.74. The molecule has 0 bridgehead atoms. The van der Waals surface area contributed by atoms with Crippen LogP contribution in [0.15, 0.2) is 18.2 Å². The van der Waals surface area contributed by atoms with E-state index in [9.17, 15) is 10.1 Å². The average molecular weight is 217 g/mol. The summed E-state index contributed by atoms with van der Waals surface area (Å²) in [7, 11) is 0. The minimum Gasteiger partial charge on any atom is -0.380 e. The Morgan fingerprint density at radius 2 is 2.06 bits per heavy atom. The van der Waals surface area contributed by atoms with E-state index in [0.717, 1.165) is 25.9 Å². The van der Waals surface area contributed by atoms with Gasteiger partial charge in [-0.1, -0.05) is 0 Å². The molecular weight excluding hydrogens is 206 g/mol. The van der Waals surface area contributed by atoms with Crippen LogP contribution in [0.3, 0.4) is 0 Å². The first-order valence-electron chi connectivity index (χ1n) is 5.13. The monoisotopic (exact) mass is 217 g/mol. The SMILES string of the molecule is [C-]#[N+]c1ccc([N+](=O)[O-])cc1N1CCCC1. The van der Waals surface area contributed by atoms with Crippen LogP contribution in [-0.4, -0.2) is 18.0 Å². The van der Waals surface area contributed by atoms with Crippen LogP contribution in [0.25, 0.3) is 4.85 Å². The molecule has 0 amide bonds. The Hall–Kier alpha value is -2.09. The summed E-state index contributed by atoms with van der Waals surface area (Å²) < 4.78 is 0. The van der Waals surface area contributed by atoms with Gasteiger partial charge in [-0.2, -0.15) is 0 Å². The first-order valence-corrected chi connectivity index (χ1v) is 5.13. The van der Waals surface area contributed by atoms with E-state index in [1.165, 1.54) is 18.2 Å². The molecule has 1 aliphatic rings. The summed E-state index contributed by atoms with van der Waals surface area (Å²) in [5.41, 5.74) is 1.24. The van der Waals surface area contributed by atoms with Crippen LogP contribution < -0.4 is 4.90 Å². The maximum Gasteiger partial charge on any atom is 0.268 e. The Labute approximate surface area is 93.3 Å². The van der Waals surface area contributed by atoms with Gasteiger partial charge in [0.25, 0.3) is 5.69 Å². The molecule has 0 atom stereocenters. The molecule has 5 nitrogen and oxygen atoms in total. The van der Waals surface area contributed by atoms with Crippen molar-refractivity contribution in [3.63, 3.8) is 0 Å². The maximum absolute atomic E-state index is 10.7. The molecule has 16 heavy (non-hydrogen) atoms. The summed E-state index contributed by atoms with van der Waals surface area (Å²) in [6.07, 6.45) is 2.17. The van der Waals surface area contributed by atoms with E-state index < -0.39 is 4.92 Å². The van der Waals surface area contributed by atoms with Crippen molar-refractivity contribution in [1.29, 1.82) is 0 Å². The van der Waals surface area contributed by atoms with Crippen LogP contribution in [0.2, 0.25) is 0 Å². The van der Waals surface area contributed by atoms with E-state index in [4.69, 9.17) is 6.57 Å². The van der Waals surface area contributed by atoms with Gasteiger partial charge in [-0.15, -0.1) is 0 Å². The summed E-state index contributed by atoms with van der Waals surface area (Å²) in [6, 6.07) is 4.41. The zero-order valence-corrected chi connectivity index (χ0v) is 8.72. The van der Waals surface area contributed by atoms with Gasteiger partial charge >= 0.3 is 0 Å². The molecule has 0 N–H and O–H groups in total. The number of nitro benzene ring substituents is 1. The molecule has 0 unspecified atom stereocenters. The molecule has 2 rings (SSSR count). The highest BCUT2D eigenvalue weighted by Crippen LogP contribution is 2.34. The van der Waals surface area contributed by atoms with E-state index in [1.807, 2.05) is 4.90 Å². The van der Waals surface area contributed by atoms with Crippen molar-refractivity contribution in [2.45, 2.75) is 12.8 Å². The second kappa shape index (κ2) is 4.19. The van der Waals surface area contributed by atoms with E-state index in [-0.39, 0.29) is 5.69 Å². The van der Waals surface area contributed by atoms with Crippen molar-refractivity contribution >= 4 is 17.1 Å². The third kappa shape index (κ3) is 1.82.